The summed E-state index contributed by atoms with van der Waals surface area (Å²) in [7, 11) is 0. The van der Waals surface area contributed by atoms with Gasteiger partial charge in [0.25, 0.3) is 0 Å². The van der Waals surface area contributed by atoms with E-state index in [1.807, 2.05) is 12.5 Å². The average Bonchev–Trinajstić information content (AvgIpc) is 2.74. The molecule has 1 saturated heterocycles. The summed E-state index contributed by atoms with van der Waals surface area (Å²) in [6.07, 6.45) is 5.85. The highest BCUT2D eigenvalue weighted by Gasteiger charge is 2.45. The van der Waals surface area contributed by atoms with Gasteiger partial charge >= 0.3 is 0 Å². The minimum atomic E-state index is 0.313. The van der Waals surface area contributed by atoms with Gasteiger partial charge < -0.3 is 4.57 Å². The van der Waals surface area contributed by atoms with Crippen LogP contribution in [0.4, 0.5) is 0 Å². The lowest BCUT2D eigenvalue weighted by Gasteiger charge is -2.40. The molecule has 2 nitrogen and oxygen atoms in total. The van der Waals surface area contributed by atoms with Gasteiger partial charge in [0.05, 0.1) is 10.4 Å². The summed E-state index contributed by atoms with van der Waals surface area (Å²) in [6, 6.07) is 0. The molecular weight excluding hydrogens is 224 g/mol. The first-order valence-corrected chi connectivity index (χ1v) is 7.24. The van der Waals surface area contributed by atoms with E-state index in [0.717, 1.165) is 6.54 Å². The van der Waals surface area contributed by atoms with Crippen molar-refractivity contribution in [1.29, 1.82) is 0 Å². The normalized spacial score (nSPS) is 20.7. The van der Waals surface area contributed by atoms with Gasteiger partial charge in [0.1, 0.15) is 0 Å². The van der Waals surface area contributed by atoms with Gasteiger partial charge in [-0.15, -0.1) is 23.5 Å². The van der Waals surface area contributed by atoms with E-state index in [1.165, 1.54) is 11.5 Å². The van der Waals surface area contributed by atoms with Gasteiger partial charge in [-0.3, -0.25) is 0 Å². The van der Waals surface area contributed by atoms with Crippen LogP contribution in [0.15, 0.2) is 18.7 Å². The molecular formula is C11H18N2S2. The van der Waals surface area contributed by atoms with Crippen molar-refractivity contribution >= 4 is 23.5 Å². The lowest BCUT2D eigenvalue weighted by molar-refractivity contribution is 0.339. The maximum Gasteiger partial charge on any atom is 0.0946 e. The third kappa shape index (κ3) is 2.21. The van der Waals surface area contributed by atoms with Gasteiger partial charge in [0.2, 0.25) is 0 Å². The lowest BCUT2D eigenvalue weighted by atomic mass is 9.91. The van der Waals surface area contributed by atoms with E-state index < -0.39 is 0 Å². The van der Waals surface area contributed by atoms with Gasteiger partial charge in [0.15, 0.2) is 0 Å². The number of thioether (sulfide) groups is 2. The zero-order valence-corrected chi connectivity index (χ0v) is 11.2. The van der Waals surface area contributed by atoms with Crippen LogP contribution >= 0.6 is 23.5 Å². The minimum absolute atomic E-state index is 0.313. The maximum atomic E-state index is 4.12. The van der Waals surface area contributed by atoms with Crippen LogP contribution < -0.4 is 0 Å². The Labute approximate surface area is 100 Å². The number of hydrogen-bond donors (Lipinski definition) is 0. The molecule has 0 saturated carbocycles. The minimum Gasteiger partial charge on any atom is -0.335 e. The van der Waals surface area contributed by atoms with Crippen molar-refractivity contribution in [2.75, 3.05) is 11.5 Å². The molecule has 2 heterocycles. The summed E-state index contributed by atoms with van der Waals surface area (Å²) in [5.41, 5.74) is 0.323. The van der Waals surface area contributed by atoms with Crippen LogP contribution in [-0.4, -0.2) is 25.1 Å². The predicted octanol–water partition coefficient (Wildman–Crippen LogP) is 3.11. The monoisotopic (exact) mass is 242 g/mol. The van der Waals surface area contributed by atoms with E-state index in [1.54, 1.807) is 0 Å². The summed E-state index contributed by atoms with van der Waals surface area (Å²) in [6.45, 7) is 8.09. The molecule has 1 aromatic heterocycles. The molecule has 1 aliphatic heterocycles. The Kier molecular flexibility index (Phi) is 3.08. The highest BCUT2D eigenvalue weighted by atomic mass is 32.2. The second-order valence-corrected chi connectivity index (χ2v) is 7.98. The highest BCUT2D eigenvalue weighted by molar-refractivity contribution is 8.21. The van der Waals surface area contributed by atoms with Gasteiger partial charge in [-0.2, -0.15) is 0 Å². The van der Waals surface area contributed by atoms with E-state index in [2.05, 4.69) is 60.0 Å². The Balaban J connectivity index is 2.20. The van der Waals surface area contributed by atoms with E-state index in [-0.39, 0.29) is 0 Å². The first kappa shape index (κ1) is 11.4. The Bertz CT molecular complexity index is 308. The van der Waals surface area contributed by atoms with Crippen LogP contribution in [0.1, 0.15) is 20.8 Å². The molecule has 0 aliphatic carbocycles. The third-order valence-electron chi connectivity index (χ3n) is 2.85. The molecule has 0 amide bonds. The molecule has 4 heteroatoms. The zero-order valence-electron chi connectivity index (χ0n) is 9.56. The van der Waals surface area contributed by atoms with E-state index in [9.17, 15) is 0 Å². The van der Waals surface area contributed by atoms with Crippen molar-refractivity contribution in [3.8, 4) is 0 Å². The molecule has 84 valence electrons. The summed E-state index contributed by atoms with van der Waals surface area (Å²) < 4.78 is 2.52. The number of imidazole rings is 1. The van der Waals surface area contributed by atoms with Crippen molar-refractivity contribution in [2.24, 2.45) is 5.41 Å². The first-order chi connectivity index (χ1) is 7.04. The summed E-state index contributed by atoms with van der Waals surface area (Å²) >= 11 is 4.22. The fourth-order valence-corrected chi connectivity index (χ4v) is 5.34. The largest absolute Gasteiger partial charge is 0.335 e. The molecule has 1 aliphatic rings. The molecule has 2 rings (SSSR count). The number of nitrogens with zero attached hydrogens (tertiary/aromatic N) is 2. The Morgan fingerprint density at radius 1 is 1.33 bits per heavy atom. The SMILES string of the molecule is CC(C)(C)C1(Cn2ccnc2)SCCS1. The van der Waals surface area contributed by atoms with Crippen LogP contribution in [0.3, 0.4) is 0 Å². The molecule has 0 atom stereocenters. The summed E-state index contributed by atoms with van der Waals surface area (Å²) in [4.78, 5) is 4.12. The van der Waals surface area contributed by atoms with E-state index in [4.69, 9.17) is 0 Å². The smallest absolute Gasteiger partial charge is 0.0946 e. The quantitative estimate of drug-likeness (QED) is 0.793. The van der Waals surface area contributed by atoms with E-state index in [0.29, 0.717) is 9.49 Å². The zero-order chi connectivity index (χ0) is 10.9. The number of hydrogen-bond acceptors (Lipinski definition) is 3. The first-order valence-electron chi connectivity index (χ1n) is 5.27. The van der Waals surface area contributed by atoms with Crippen LogP contribution in [0.2, 0.25) is 0 Å². The van der Waals surface area contributed by atoms with Crippen molar-refractivity contribution in [2.45, 2.75) is 31.4 Å². The van der Waals surface area contributed by atoms with Gasteiger partial charge in [-0.25, -0.2) is 4.98 Å². The number of aromatic nitrogens is 2. The van der Waals surface area contributed by atoms with Gasteiger partial charge in [-0.1, -0.05) is 20.8 Å². The van der Waals surface area contributed by atoms with Crippen LogP contribution in [-0.2, 0) is 6.54 Å². The molecule has 1 fully saturated rings. The van der Waals surface area contributed by atoms with Crippen molar-refractivity contribution in [1.82, 2.24) is 9.55 Å². The Morgan fingerprint density at radius 2 is 2.00 bits per heavy atom. The lowest BCUT2D eigenvalue weighted by Crippen LogP contribution is -2.38. The predicted molar refractivity (Wildman–Crippen MR) is 69.3 cm³/mol. The van der Waals surface area contributed by atoms with Crippen molar-refractivity contribution in [3.63, 3.8) is 0 Å². The fraction of sp³-hybridized carbons (Fsp3) is 0.727. The molecule has 0 radical (unpaired) electrons. The standard InChI is InChI=1S/C11H18N2S2/c1-10(2,3)11(14-6-7-15-11)8-13-5-4-12-9-13/h4-5,9H,6-8H2,1-3H3. The fourth-order valence-electron chi connectivity index (χ4n) is 1.84. The Morgan fingerprint density at radius 3 is 2.47 bits per heavy atom. The maximum absolute atomic E-state index is 4.12. The van der Waals surface area contributed by atoms with Gasteiger partial charge in [-0.05, 0) is 5.41 Å². The van der Waals surface area contributed by atoms with Crippen LogP contribution in [0, 0.1) is 5.41 Å². The van der Waals surface area contributed by atoms with Crippen LogP contribution in [0.5, 0.6) is 0 Å². The molecule has 0 unspecified atom stereocenters. The van der Waals surface area contributed by atoms with Crippen molar-refractivity contribution < 1.29 is 0 Å². The third-order valence-corrected chi connectivity index (χ3v) is 7.04. The molecule has 1 aromatic rings. The average molecular weight is 242 g/mol. The van der Waals surface area contributed by atoms with Gasteiger partial charge in [0, 0.05) is 30.4 Å². The second-order valence-electron chi connectivity index (χ2n) is 4.93. The summed E-state index contributed by atoms with van der Waals surface area (Å²) in [5, 5.41) is 0. The highest BCUT2D eigenvalue weighted by Crippen LogP contribution is 2.55. The van der Waals surface area contributed by atoms with Crippen LogP contribution in [0.25, 0.3) is 0 Å². The molecule has 0 aromatic carbocycles. The number of rotatable bonds is 2. The van der Waals surface area contributed by atoms with Crippen molar-refractivity contribution in [3.05, 3.63) is 18.7 Å². The molecule has 0 bridgehead atoms. The molecule has 0 spiro atoms. The molecule has 15 heavy (non-hydrogen) atoms. The Hall–Kier alpha value is -0.0900. The second kappa shape index (κ2) is 4.06. The summed E-state index contributed by atoms with van der Waals surface area (Å²) in [5.74, 6) is 2.55. The van der Waals surface area contributed by atoms with E-state index >= 15 is 0 Å². The molecule has 0 N–H and O–H groups in total. The topological polar surface area (TPSA) is 17.8 Å².